The highest BCUT2D eigenvalue weighted by atomic mass is 16.5. The van der Waals surface area contributed by atoms with E-state index in [4.69, 9.17) is 4.74 Å². The fraction of sp³-hybridized carbons (Fsp3) is 0.217. The number of carbonyl (C=O) groups excluding carboxylic acids is 1. The van der Waals surface area contributed by atoms with Gasteiger partial charge in [-0.05, 0) is 55.2 Å². The van der Waals surface area contributed by atoms with E-state index < -0.39 is 0 Å². The molecule has 8 heteroatoms. The number of rotatable bonds is 8. The molecule has 0 aliphatic rings. The topological polar surface area (TPSA) is 105 Å². The van der Waals surface area contributed by atoms with Crippen LogP contribution in [0, 0.1) is 0 Å². The molecular formula is C23H24N6O2. The Hall–Kier alpha value is -3.94. The summed E-state index contributed by atoms with van der Waals surface area (Å²) >= 11 is 0. The molecule has 0 fully saturated rings. The number of carbonyl (C=O) groups is 1. The molecule has 0 atom stereocenters. The molecule has 3 N–H and O–H groups in total. The zero-order valence-corrected chi connectivity index (χ0v) is 17.3. The summed E-state index contributed by atoms with van der Waals surface area (Å²) in [6.07, 6.45) is 8.11. The number of nitrogens with zero attached hydrogens (tertiary/aromatic N) is 3. The van der Waals surface area contributed by atoms with Gasteiger partial charge in [-0.3, -0.25) is 15.4 Å². The fourth-order valence-electron chi connectivity index (χ4n) is 3.29. The van der Waals surface area contributed by atoms with Crippen LogP contribution in [0.1, 0.15) is 18.4 Å². The van der Waals surface area contributed by atoms with Crippen LogP contribution >= 0.6 is 0 Å². The van der Waals surface area contributed by atoms with Crippen LogP contribution in [0.5, 0.6) is 5.75 Å². The van der Waals surface area contributed by atoms with Crippen molar-refractivity contribution in [3.05, 3.63) is 66.6 Å². The summed E-state index contributed by atoms with van der Waals surface area (Å²) in [5.74, 6) is 1.34. The number of fused-ring (bicyclic) bond motifs is 1. The van der Waals surface area contributed by atoms with Crippen molar-refractivity contribution in [3.63, 3.8) is 0 Å². The third-order valence-corrected chi connectivity index (χ3v) is 4.92. The summed E-state index contributed by atoms with van der Waals surface area (Å²) in [5.41, 5.74) is 4.53. The first kappa shape index (κ1) is 20.3. The standard InChI is InChI=1S/C23H24N6O2/c1-31-19-7-4-6-16(11-19)5-2-3-10-24-23(30)29-22-9-8-20-21(28-22)12-17(13-25-20)18-14-26-27-15-18/h4,6-9,11-15H,2-3,5,10H2,1H3,(H,26,27)(H2,24,28,29,30). The van der Waals surface area contributed by atoms with E-state index >= 15 is 0 Å². The smallest absolute Gasteiger partial charge is 0.320 e. The number of nitrogens with one attached hydrogen (secondary N) is 3. The Bertz CT molecular complexity index is 1160. The second-order valence-corrected chi connectivity index (χ2v) is 7.14. The van der Waals surface area contributed by atoms with Gasteiger partial charge in [0.2, 0.25) is 0 Å². The van der Waals surface area contributed by atoms with Gasteiger partial charge in [0.1, 0.15) is 11.6 Å². The molecule has 0 radical (unpaired) electrons. The quantitative estimate of drug-likeness (QED) is 0.374. The molecule has 1 aromatic carbocycles. The number of pyridine rings is 2. The zero-order valence-electron chi connectivity index (χ0n) is 17.3. The predicted molar refractivity (Wildman–Crippen MR) is 120 cm³/mol. The number of aromatic amines is 1. The predicted octanol–water partition coefficient (Wildman–Crippen LogP) is 4.17. The number of ether oxygens (including phenoxy) is 1. The normalized spacial score (nSPS) is 10.7. The largest absolute Gasteiger partial charge is 0.497 e. The number of unbranched alkanes of at least 4 members (excludes halogenated alkanes) is 1. The van der Waals surface area contributed by atoms with Gasteiger partial charge in [-0.25, -0.2) is 9.78 Å². The lowest BCUT2D eigenvalue weighted by molar-refractivity contribution is 0.252. The van der Waals surface area contributed by atoms with Gasteiger partial charge < -0.3 is 10.1 Å². The highest BCUT2D eigenvalue weighted by molar-refractivity contribution is 5.90. The van der Waals surface area contributed by atoms with Crippen molar-refractivity contribution in [1.82, 2.24) is 25.5 Å². The molecule has 8 nitrogen and oxygen atoms in total. The average Bonchev–Trinajstić information content (AvgIpc) is 3.33. The highest BCUT2D eigenvalue weighted by Crippen LogP contribution is 2.21. The molecule has 0 aliphatic carbocycles. The van der Waals surface area contributed by atoms with Crippen LogP contribution in [0.3, 0.4) is 0 Å². The van der Waals surface area contributed by atoms with Crippen LogP contribution in [-0.4, -0.2) is 39.9 Å². The number of hydrogen-bond donors (Lipinski definition) is 3. The first-order chi connectivity index (χ1) is 15.2. The molecule has 0 aliphatic heterocycles. The molecule has 158 valence electrons. The van der Waals surface area contributed by atoms with E-state index in [0.29, 0.717) is 17.9 Å². The Balaban J connectivity index is 1.27. The van der Waals surface area contributed by atoms with Gasteiger partial charge in [-0.2, -0.15) is 5.10 Å². The molecule has 31 heavy (non-hydrogen) atoms. The van der Waals surface area contributed by atoms with E-state index in [1.807, 2.05) is 30.3 Å². The van der Waals surface area contributed by atoms with Gasteiger partial charge in [0.25, 0.3) is 0 Å². The summed E-state index contributed by atoms with van der Waals surface area (Å²) in [7, 11) is 1.67. The lowest BCUT2D eigenvalue weighted by Crippen LogP contribution is -2.29. The van der Waals surface area contributed by atoms with Crippen LogP contribution in [0.25, 0.3) is 22.2 Å². The number of benzene rings is 1. The van der Waals surface area contributed by atoms with Gasteiger partial charge in [-0.15, -0.1) is 0 Å². The lowest BCUT2D eigenvalue weighted by Gasteiger charge is -2.08. The van der Waals surface area contributed by atoms with Crippen LogP contribution in [-0.2, 0) is 6.42 Å². The maximum absolute atomic E-state index is 12.2. The Morgan fingerprint density at radius 3 is 2.84 bits per heavy atom. The lowest BCUT2D eigenvalue weighted by atomic mass is 10.1. The maximum atomic E-state index is 12.2. The molecular weight excluding hydrogens is 392 g/mol. The SMILES string of the molecule is COc1cccc(CCCCNC(=O)Nc2ccc3ncc(-c4cn[nH]c4)cc3n2)c1. The van der Waals surface area contributed by atoms with E-state index in [1.165, 1.54) is 5.56 Å². The van der Waals surface area contributed by atoms with Crippen LogP contribution in [0.4, 0.5) is 10.6 Å². The Morgan fingerprint density at radius 2 is 2.00 bits per heavy atom. The van der Waals surface area contributed by atoms with Crippen molar-refractivity contribution in [2.45, 2.75) is 19.3 Å². The van der Waals surface area contributed by atoms with Crippen LogP contribution in [0.2, 0.25) is 0 Å². The van der Waals surface area contributed by atoms with Crippen molar-refractivity contribution in [1.29, 1.82) is 0 Å². The second-order valence-electron chi connectivity index (χ2n) is 7.14. The highest BCUT2D eigenvalue weighted by Gasteiger charge is 2.07. The number of hydrogen-bond acceptors (Lipinski definition) is 5. The Labute approximate surface area is 180 Å². The number of methoxy groups -OCH3 is 1. The fourth-order valence-corrected chi connectivity index (χ4v) is 3.29. The van der Waals surface area contributed by atoms with Crippen molar-refractivity contribution in [3.8, 4) is 16.9 Å². The molecule has 4 aromatic rings. The summed E-state index contributed by atoms with van der Waals surface area (Å²) in [4.78, 5) is 21.1. The third-order valence-electron chi connectivity index (χ3n) is 4.92. The van der Waals surface area contributed by atoms with Gasteiger partial charge in [0, 0.05) is 30.1 Å². The molecule has 0 saturated heterocycles. The van der Waals surface area contributed by atoms with E-state index in [2.05, 4.69) is 36.9 Å². The van der Waals surface area contributed by atoms with E-state index in [1.54, 1.807) is 31.8 Å². The van der Waals surface area contributed by atoms with Gasteiger partial charge in [0.15, 0.2) is 0 Å². The molecule has 0 unspecified atom stereocenters. The second kappa shape index (κ2) is 9.71. The Kier molecular flexibility index (Phi) is 6.37. The number of urea groups is 1. The number of aromatic nitrogens is 4. The monoisotopic (exact) mass is 416 g/mol. The van der Waals surface area contributed by atoms with Crippen molar-refractivity contribution >= 4 is 22.9 Å². The summed E-state index contributed by atoms with van der Waals surface area (Å²) in [5, 5.41) is 12.4. The number of amides is 2. The molecule has 0 bridgehead atoms. The van der Waals surface area contributed by atoms with Gasteiger partial charge >= 0.3 is 6.03 Å². The van der Waals surface area contributed by atoms with E-state index in [9.17, 15) is 4.79 Å². The van der Waals surface area contributed by atoms with Crippen LogP contribution < -0.4 is 15.4 Å². The molecule has 2 amide bonds. The van der Waals surface area contributed by atoms with Gasteiger partial charge in [-0.1, -0.05) is 12.1 Å². The zero-order chi connectivity index (χ0) is 21.5. The number of aryl methyl sites for hydroxylation is 1. The molecule has 3 aromatic heterocycles. The van der Waals surface area contributed by atoms with Gasteiger partial charge in [0.05, 0.1) is 24.3 Å². The summed E-state index contributed by atoms with van der Waals surface area (Å²) < 4.78 is 5.24. The Morgan fingerprint density at radius 1 is 1.06 bits per heavy atom. The minimum absolute atomic E-state index is 0.271. The first-order valence-electron chi connectivity index (χ1n) is 10.1. The van der Waals surface area contributed by atoms with E-state index in [0.717, 1.165) is 41.7 Å². The molecule has 4 rings (SSSR count). The molecule has 0 saturated carbocycles. The van der Waals surface area contributed by atoms with E-state index in [-0.39, 0.29) is 6.03 Å². The first-order valence-corrected chi connectivity index (χ1v) is 10.1. The number of H-pyrrole nitrogens is 1. The van der Waals surface area contributed by atoms with Crippen LogP contribution in [0.15, 0.2) is 61.1 Å². The molecule has 3 heterocycles. The number of anilines is 1. The molecule has 0 spiro atoms. The van der Waals surface area contributed by atoms with Crippen molar-refractivity contribution in [2.24, 2.45) is 0 Å². The third kappa shape index (κ3) is 5.36. The van der Waals surface area contributed by atoms with Crippen molar-refractivity contribution < 1.29 is 9.53 Å². The minimum Gasteiger partial charge on any atom is -0.497 e. The maximum Gasteiger partial charge on any atom is 0.320 e. The summed E-state index contributed by atoms with van der Waals surface area (Å²) in [6, 6.07) is 13.3. The van der Waals surface area contributed by atoms with Crippen molar-refractivity contribution in [2.75, 3.05) is 19.0 Å². The summed E-state index contributed by atoms with van der Waals surface area (Å²) in [6.45, 7) is 0.593. The average molecular weight is 416 g/mol. The minimum atomic E-state index is -0.271.